The van der Waals surface area contributed by atoms with Gasteiger partial charge in [-0.25, -0.2) is 4.98 Å². The van der Waals surface area contributed by atoms with E-state index in [0.717, 1.165) is 42.9 Å². The first-order valence-electron chi connectivity index (χ1n) is 10.2. The number of piperidine rings is 1. The monoisotopic (exact) mass is 386 g/mol. The van der Waals surface area contributed by atoms with Crippen molar-refractivity contribution in [3.63, 3.8) is 0 Å². The minimum Gasteiger partial charge on any atom is -0.355 e. The highest BCUT2D eigenvalue weighted by molar-refractivity contribution is 5.87. The van der Waals surface area contributed by atoms with Crippen molar-refractivity contribution in [2.45, 2.75) is 18.8 Å². The molecule has 148 valence electrons. The quantitative estimate of drug-likeness (QED) is 0.703. The Kier molecular flexibility index (Phi) is 6.15. The van der Waals surface area contributed by atoms with E-state index < -0.39 is 0 Å². The third-order valence-corrected chi connectivity index (χ3v) is 5.58. The first-order valence-corrected chi connectivity index (χ1v) is 10.2. The average molecular weight is 386 g/mol. The van der Waals surface area contributed by atoms with Crippen LogP contribution in [0.25, 0.3) is 0 Å². The molecule has 0 atom stereocenters. The molecule has 2 aromatic carbocycles. The fourth-order valence-corrected chi connectivity index (χ4v) is 3.95. The van der Waals surface area contributed by atoms with Crippen molar-refractivity contribution in [2.75, 3.05) is 24.5 Å². The molecule has 1 N–H and O–H groups in total. The predicted molar refractivity (Wildman–Crippen MR) is 115 cm³/mol. The van der Waals surface area contributed by atoms with Gasteiger partial charge in [-0.05, 0) is 29.9 Å². The number of carbonyl (C=O) groups excluding carboxylic acids is 1. The molecule has 3 aromatic rings. The van der Waals surface area contributed by atoms with E-state index >= 15 is 0 Å². The van der Waals surface area contributed by atoms with Crippen LogP contribution in [-0.2, 0) is 4.79 Å². The standard InChI is InChI=1S/C24H26N4O/c29-24(23(20-7-3-1-4-8-20)21-9-5-2-6-10-21)27-17-19-11-15-28(16-12-19)22-18-25-13-14-26-22/h1-10,13-14,18-19,23H,11-12,15-17H2,(H,27,29). The van der Waals surface area contributed by atoms with E-state index in [-0.39, 0.29) is 11.8 Å². The van der Waals surface area contributed by atoms with Gasteiger partial charge in [-0.15, -0.1) is 0 Å². The summed E-state index contributed by atoms with van der Waals surface area (Å²) in [7, 11) is 0. The third-order valence-electron chi connectivity index (χ3n) is 5.58. The summed E-state index contributed by atoms with van der Waals surface area (Å²) < 4.78 is 0. The number of carbonyl (C=O) groups is 1. The van der Waals surface area contributed by atoms with Crippen LogP contribution in [0.2, 0.25) is 0 Å². The van der Waals surface area contributed by atoms with Gasteiger partial charge in [0, 0.05) is 32.0 Å². The van der Waals surface area contributed by atoms with E-state index in [1.165, 1.54) is 0 Å². The number of amides is 1. The first-order chi connectivity index (χ1) is 14.3. The van der Waals surface area contributed by atoms with Crippen LogP contribution in [0.5, 0.6) is 0 Å². The molecule has 4 rings (SSSR count). The van der Waals surface area contributed by atoms with Gasteiger partial charge in [0.2, 0.25) is 5.91 Å². The Morgan fingerprint density at radius 1 is 0.966 bits per heavy atom. The van der Waals surface area contributed by atoms with Crippen LogP contribution in [0.3, 0.4) is 0 Å². The molecular formula is C24H26N4O. The van der Waals surface area contributed by atoms with Crippen molar-refractivity contribution < 1.29 is 4.79 Å². The maximum absolute atomic E-state index is 13.1. The highest BCUT2D eigenvalue weighted by atomic mass is 16.1. The van der Waals surface area contributed by atoms with Crippen LogP contribution < -0.4 is 10.2 Å². The summed E-state index contributed by atoms with van der Waals surface area (Å²) in [6.45, 7) is 2.60. The lowest BCUT2D eigenvalue weighted by Crippen LogP contribution is -2.40. The number of benzene rings is 2. The van der Waals surface area contributed by atoms with Gasteiger partial charge < -0.3 is 10.2 Å². The summed E-state index contributed by atoms with van der Waals surface area (Å²) in [6.07, 6.45) is 7.32. The molecule has 1 fully saturated rings. The normalized spacial score (nSPS) is 14.7. The molecule has 0 aliphatic carbocycles. The highest BCUT2D eigenvalue weighted by Crippen LogP contribution is 2.25. The van der Waals surface area contributed by atoms with Gasteiger partial charge in [-0.2, -0.15) is 0 Å². The van der Waals surface area contributed by atoms with E-state index in [1.54, 1.807) is 12.4 Å². The van der Waals surface area contributed by atoms with Crippen molar-refractivity contribution in [1.29, 1.82) is 0 Å². The van der Waals surface area contributed by atoms with Crippen molar-refractivity contribution in [1.82, 2.24) is 15.3 Å². The Morgan fingerprint density at radius 2 is 1.59 bits per heavy atom. The summed E-state index contributed by atoms with van der Waals surface area (Å²) in [5.41, 5.74) is 2.04. The molecule has 5 heteroatoms. The summed E-state index contributed by atoms with van der Waals surface area (Å²) in [4.78, 5) is 23.9. The lowest BCUT2D eigenvalue weighted by Gasteiger charge is -2.32. The first kappa shape index (κ1) is 19.1. The number of nitrogens with one attached hydrogen (secondary N) is 1. The van der Waals surface area contributed by atoms with Gasteiger partial charge in [0.15, 0.2) is 0 Å². The number of rotatable bonds is 6. The van der Waals surface area contributed by atoms with Gasteiger partial charge >= 0.3 is 0 Å². The number of hydrogen-bond donors (Lipinski definition) is 1. The van der Waals surface area contributed by atoms with Crippen molar-refractivity contribution in [3.05, 3.63) is 90.4 Å². The fraction of sp³-hybridized carbons (Fsp3) is 0.292. The summed E-state index contributed by atoms with van der Waals surface area (Å²) in [5.74, 6) is 1.21. The third kappa shape index (κ3) is 4.80. The molecule has 5 nitrogen and oxygen atoms in total. The molecule has 0 saturated carbocycles. The smallest absolute Gasteiger partial charge is 0.232 e. The van der Waals surface area contributed by atoms with Crippen molar-refractivity contribution in [2.24, 2.45) is 5.92 Å². The van der Waals surface area contributed by atoms with Crippen molar-refractivity contribution in [3.8, 4) is 0 Å². The van der Waals surface area contributed by atoms with Crippen LogP contribution in [0, 0.1) is 5.92 Å². The van der Waals surface area contributed by atoms with E-state index in [0.29, 0.717) is 12.5 Å². The minimum absolute atomic E-state index is 0.0683. The number of nitrogens with zero attached hydrogens (tertiary/aromatic N) is 3. The van der Waals surface area contributed by atoms with Gasteiger partial charge in [-0.1, -0.05) is 60.7 Å². The van der Waals surface area contributed by atoms with Gasteiger partial charge in [-0.3, -0.25) is 9.78 Å². The molecule has 0 spiro atoms. The Labute approximate surface area is 171 Å². The van der Waals surface area contributed by atoms with Crippen LogP contribution in [0.4, 0.5) is 5.82 Å². The van der Waals surface area contributed by atoms with Crippen molar-refractivity contribution >= 4 is 11.7 Å². The summed E-state index contributed by atoms with van der Waals surface area (Å²) in [5, 5.41) is 3.22. The lowest BCUT2D eigenvalue weighted by atomic mass is 9.90. The molecule has 1 aromatic heterocycles. The van der Waals surface area contributed by atoms with Crippen LogP contribution in [-0.4, -0.2) is 35.5 Å². The average Bonchev–Trinajstić information content (AvgIpc) is 2.80. The highest BCUT2D eigenvalue weighted by Gasteiger charge is 2.25. The molecule has 0 unspecified atom stereocenters. The van der Waals surface area contributed by atoms with Gasteiger partial charge in [0.1, 0.15) is 5.82 Å². The van der Waals surface area contributed by atoms with E-state index in [1.807, 2.05) is 66.9 Å². The molecule has 1 amide bonds. The number of anilines is 1. The molecule has 1 aliphatic rings. The zero-order chi connectivity index (χ0) is 19.9. The Hall–Kier alpha value is -3.21. The molecule has 2 heterocycles. The molecule has 0 bridgehead atoms. The number of aromatic nitrogens is 2. The van der Waals surface area contributed by atoms with E-state index in [2.05, 4.69) is 20.2 Å². The molecule has 29 heavy (non-hydrogen) atoms. The minimum atomic E-state index is -0.280. The zero-order valence-corrected chi connectivity index (χ0v) is 16.4. The molecule has 1 saturated heterocycles. The van der Waals surface area contributed by atoms with Crippen LogP contribution in [0.15, 0.2) is 79.3 Å². The van der Waals surface area contributed by atoms with Crippen LogP contribution >= 0.6 is 0 Å². The predicted octanol–water partition coefficient (Wildman–Crippen LogP) is 3.64. The second kappa shape index (κ2) is 9.32. The molecule has 1 aliphatic heterocycles. The second-order valence-corrected chi connectivity index (χ2v) is 7.49. The van der Waals surface area contributed by atoms with Crippen LogP contribution in [0.1, 0.15) is 29.9 Å². The SMILES string of the molecule is O=C(NCC1CCN(c2cnccn2)CC1)C(c1ccccc1)c1ccccc1. The molecule has 0 radical (unpaired) electrons. The fourth-order valence-electron chi connectivity index (χ4n) is 3.95. The maximum Gasteiger partial charge on any atom is 0.232 e. The Bertz CT molecular complexity index is 854. The lowest BCUT2D eigenvalue weighted by molar-refractivity contribution is -0.121. The van der Waals surface area contributed by atoms with Gasteiger partial charge in [0.05, 0.1) is 12.1 Å². The topological polar surface area (TPSA) is 58.1 Å². The Morgan fingerprint density at radius 3 is 2.14 bits per heavy atom. The second-order valence-electron chi connectivity index (χ2n) is 7.49. The molecular weight excluding hydrogens is 360 g/mol. The number of hydrogen-bond acceptors (Lipinski definition) is 4. The maximum atomic E-state index is 13.1. The summed E-state index contributed by atoms with van der Waals surface area (Å²) in [6, 6.07) is 20.0. The largest absolute Gasteiger partial charge is 0.355 e. The zero-order valence-electron chi connectivity index (χ0n) is 16.4. The van der Waals surface area contributed by atoms with E-state index in [9.17, 15) is 4.79 Å². The Balaban J connectivity index is 1.37. The van der Waals surface area contributed by atoms with Gasteiger partial charge in [0.25, 0.3) is 0 Å². The summed E-state index contributed by atoms with van der Waals surface area (Å²) >= 11 is 0. The van der Waals surface area contributed by atoms with E-state index in [4.69, 9.17) is 0 Å².